The minimum absolute atomic E-state index is 0.0336. The average Bonchev–Trinajstić information content (AvgIpc) is 2.63. The Morgan fingerprint density at radius 2 is 1.61 bits per heavy atom. The van der Waals surface area contributed by atoms with Crippen LogP contribution in [0.4, 0.5) is 0 Å². The standard InChI is InChI=1S/C25H48O5Si/c1-17(2)31(18(3)4,19(5)6)30-23-15-20(7)14-22-24(16-27-25(8,9)29-22)28-21(23)12-10-11-13-26/h10-11,17-24,26H,12-16H2,1-9H3/b11-10+/t20-,21+,22+,23-,24-/m0/s1. The fraction of sp³-hybridized carbons (Fsp3) is 0.920. The molecule has 2 aliphatic rings. The van der Waals surface area contributed by atoms with E-state index in [2.05, 4.69) is 48.5 Å². The lowest BCUT2D eigenvalue weighted by molar-refractivity contribution is -0.323. The molecule has 2 heterocycles. The van der Waals surface area contributed by atoms with Gasteiger partial charge in [0.1, 0.15) is 6.10 Å². The van der Waals surface area contributed by atoms with Crippen LogP contribution in [0.2, 0.25) is 16.6 Å². The Hall–Kier alpha value is -0.243. The third-order valence-corrected chi connectivity index (χ3v) is 13.3. The first-order chi connectivity index (χ1) is 14.4. The van der Waals surface area contributed by atoms with Gasteiger partial charge in [-0.05, 0) is 55.7 Å². The molecular weight excluding hydrogens is 408 g/mol. The molecule has 2 rings (SSSR count). The fourth-order valence-corrected chi connectivity index (χ4v) is 11.4. The Morgan fingerprint density at radius 3 is 2.16 bits per heavy atom. The van der Waals surface area contributed by atoms with Gasteiger partial charge in [0.15, 0.2) is 5.79 Å². The van der Waals surface area contributed by atoms with Crippen molar-refractivity contribution in [3.63, 3.8) is 0 Å². The normalized spacial score (nSPS) is 32.5. The van der Waals surface area contributed by atoms with Crippen LogP contribution in [0, 0.1) is 5.92 Å². The van der Waals surface area contributed by atoms with Gasteiger partial charge in [-0.2, -0.15) is 0 Å². The first-order valence-corrected chi connectivity index (χ1v) is 14.5. The zero-order valence-electron chi connectivity index (χ0n) is 21.4. The van der Waals surface area contributed by atoms with Crippen molar-refractivity contribution >= 4 is 8.32 Å². The van der Waals surface area contributed by atoms with Crippen molar-refractivity contribution < 1.29 is 23.7 Å². The first-order valence-electron chi connectivity index (χ1n) is 12.3. The van der Waals surface area contributed by atoms with Gasteiger partial charge >= 0.3 is 0 Å². The second-order valence-electron chi connectivity index (χ2n) is 11.0. The van der Waals surface area contributed by atoms with Crippen LogP contribution < -0.4 is 0 Å². The molecule has 0 aromatic carbocycles. The molecule has 2 saturated heterocycles. The van der Waals surface area contributed by atoms with Gasteiger partial charge in [0.05, 0.1) is 31.5 Å². The molecule has 31 heavy (non-hydrogen) atoms. The highest BCUT2D eigenvalue weighted by atomic mass is 28.4. The molecule has 5 atom stereocenters. The lowest BCUT2D eigenvalue weighted by Gasteiger charge is -2.49. The van der Waals surface area contributed by atoms with Crippen molar-refractivity contribution in [3.8, 4) is 0 Å². The van der Waals surface area contributed by atoms with E-state index in [1.54, 1.807) is 6.08 Å². The van der Waals surface area contributed by atoms with Crippen molar-refractivity contribution in [3.05, 3.63) is 12.2 Å². The van der Waals surface area contributed by atoms with Crippen LogP contribution in [-0.4, -0.2) is 56.8 Å². The molecule has 6 heteroatoms. The molecule has 0 aromatic rings. The van der Waals surface area contributed by atoms with Gasteiger partial charge in [-0.1, -0.05) is 60.6 Å². The highest BCUT2D eigenvalue weighted by molar-refractivity contribution is 6.77. The molecule has 2 aliphatic heterocycles. The number of fused-ring (bicyclic) bond motifs is 1. The van der Waals surface area contributed by atoms with Crippen LogP contribution in [0.1, 0.15) is 81.6 Å². The van der Waals surface area contributed by atoms with Gasteiger partial charge in [0.2, 0.25) is 8.32 Å². The third kappa shape index (κ3) is 6.64. The summed E-state index contributed by atoms with van der Waals surface area (Å²) < 4.78 is 26.2. The smallest absolute Gasteiger partial charge is 0.200 e. The summed E-state index contributed by atoms with van der Waals surface area (Å²) in [5.74, 6) is -0.0986. The lowest BCUT2D eigenvalue weighted by atomic mass is 9.89. The van der Waals surface area contributed by atoms with E-state index in [-0.39, 0.29) is 31.0 Å². The SMILES string of the molecule is CC(C)[Si](O[C@H]1C[C@@H](C)C[C@H]2OC(C)(C)OC[C@@H]2O[C@@H]1C/C=C/CO)(C(C)C)C(C)C. The van der Waals surface area contributed by atoms with Crippen LogP contribution in [0.3, 0.4) is 0 Å². The molecule has 0 aliphatic carbocycles. The summed E-state index contributed by atoms with van der Waals surface area (Å²) in [6, 6.07) is 0. The van der Waals surface area contributed by atoms with Gasteiger partial charge in [0, 0.05) is 0 Å². The lowest BCUT2D eigenvalue weighted by Crippen LogP contribution is -2.57. The maximum Gasteiger partial charge on any atom is 0.200 e. The van der Waals surface area contributed by atoms with Crippen molar-refractivity contribution in [1.82, 2.24) is 0 Å². The summed E-state index contributed by atoms with van der Waals surface area (Å²) >= 11 is 0. The first kappa shape index (κ1) is 27.0. The quantitative estimate of drug-likeness (QED) is 0.368. The van der Waals surface area contributed by atoms with E-state index < -0.39 is 14.1 Å². The van der Waals surface area contributed by atoms with Crippen LogP contribution in [0.5, 0.6) is 0 Å². The summed E-state index contributed by atoms with van der Waals surface area (Å²) in [5, 5.41) is 9.26. The van der Waals surface area contributed by atoms with Crippen LogP contribution in [0.15, 0.2) is 12.2 Å². The fourth-order valence-electron chi connectivity index (χ4n) is 5.85. The van der Waals surface area contributed by atoms with E-state index in [0.717, 1.165) is 19.3 Å². The highest BCUT2D eigenvalue weighted by Gasteiger charge is 2.49. The predicted molar refractivity (Wildman–Crippen MR) is 129 cm³/mol. The van der Waals surface area contributed by atoms with Gasteiger partial charge in [-0.15, -0.1) is 0 Å². The Labute approximate surface area is 192 Å². The van der Waals surface area contributed by atoms with E-state index in [0.29, 0.717) is 29.1 Å². The summed E-state index contributed by atoms with van der Waals surface area (Å²) in [4.78, 5) is 0. The minimum atomic E-state index is -2.06. The second-order valence-corrected chi connectivity index (χ2v) is 16.4. The molecule has 0 amide bonds. The van der Waals surface area contributed by atoms with E-state index in [4.69, 9.17) is 18.6 Å². The Bertz CT molecular complexity index is 552. The van der Waals surface area contributed by atoms with Gasteiger partial charge in [-0.25, -0.2) is 0 Å². The Kier molecular flexibility index (Phi) is 9.81. The van der Waals surface area contributed by atoms with Crippen LogP contribution >= 0.6 is 0 Å². The zero-order chi connectivity index (χ0) is 23.4. The number of hydrogen-bond acceptors (Lipinski definition) is 5. The van der Waals surface area contributed by atoms with Crippen LogP contribution in [0.25, 0.3) is 0 Å². The number of aliphatic hydroxyl groups excluding tert-OH is 1. The molecule has 0 spiro atoms. The molecular formula is C25H48O5Si. The van der Waals surface area contributed by atoms with Gasteiger partial charge < -0.3 is 23.7 Å². The minimum Gasteiger partial charge on any atom is -0.410 e. The van der Waals surface area contributed by atoms with E-state index in [9.17, 15) is 5.11 Å². The number of rotatable bonds is 8. The average molecular weight is 457 g/mol. The molecule has 182 valence electrons. The number of hydrogen-bond donors (Lipinski definition) is 1. The topological polar surface area (TPSA) is 57.2 Å². The summed E-state index contributed by atoms with van der Waals surface area (Å²) in [6.45, 7) is 20.9. The summed E-state index contributed by atoms with van der Waals surface area (Å²) in [6.07, 6.45) is 6.37. The Balaban J connectivity index is 2.35. The molecule has 0 aromatic heterocycles. The largest absolute Gasteiger partial charge is 0.410 e. The summed E-state index contributed by atoms with van der Waals surface area (Å²) in [5.41, 5.74) is 1.57. The highest BCUT2D eigenvalue weighted by Crippen LogP contribution is 2.45. The van der Waals surface area contributed by atoms with E-state index in [1.165, 1.54) is 0 Å². The summed E-state index contributed by atoms with van der Waals surface area (Å²) in [7, 11) is -2.06. The van der Waals surface area contributed by atoms with Crippen molar-refractivity contribution in [2.75, 3.05) is 13.2 Å². The Morgan fingerprint density at radius 1 is 1.00 bits per heavy atom. The van der Waals surface area contributed by atoms with Crippen LogP contribution in [-0.2, 0) is 18.6 Å². The maximum absolute atomic E-state index is 9.26. The third-order valence-electron chi connectivity index (χ3n) is 7.18. The molecule has 0 saturated carbocycles. The number of ether oxygens (including phenoxy) is 3. The van der Waals surface area contributed by atoms with E-state index >= 15 is 0 Å². The zero-order valence-corrected chi connectivity index (χ0v) is 22.4. The van der Waals surface area contributed by atoms with Crippen molar-refractivity contribution in [1.29, 1.82) is 0 Å². The monoisotopic (exact) mass is 456 g/mol. The second kappa shape index (κ2) is 11.3. The molecule has 0 radical (unpaired) electrons. The molecule has 1 N–H and O–H groups in total. The van der Waals surface area contributed by atoms with E-state index in [1.807, 2.05) is 19.9 Å². The van der Waals surface area contributed by atoms with Crippen molar-refractivity contribution in [2.45, 2.75) is 128 Å². The predicted octanol–water partition coefficient (Wildman–Crippen LogP) is 5.82. The van der Waals surface area contributed by atoms with Gasteiger partial charge in [-0.3, -0.25) is 0 Å². The van der Waals surface area contributed by atoms with Gasteiger partial charge in [0.25, 0.3) is 0 Å². The molecule has 2 fully saturated rings. The molecule has 5 nitrogen and oxygen atoms in total. The van der Waals surface area contributed by atoms with Crippen molar-refractivity contribution in [2.24, 2.45) is 5.92 Å². The molecule has 0 unspecified atom stereocenters. The molecule has 0 bridgehead atoms. The maximum atomic E-state index is 9.26. The number of aliphatic hydroxyl groups is 1.